The summed E-state index contributed by atoms with van der Waals surface area (Å²) in [6, 6.07) is 4.57. The second-order valence-electron chi connectivity index (χ2n) is 20.0. The number of aliphatic hydroxyl groups is 4. The molecule has 0 saturated heterocycles. The summed E-state index contributed by atoms with van der Waals surface area (Å²) in [7, 11) is 0. The number of halogens is 2. The minimum Gasteiger partial charge on any atom is -0.394 e. The second-order valence-corrected chi connectivity index (χ2v) is 20.4. The van der Waals surface area contributed by atoms with E-state index in [4.69, 9.17) is 11.6 Å². The van der Waals surface area contributed by atoms with E-state index in [1.54, 1.807) is 12.1 Å². The Morgan fingerprint density at radius 3 is 2.27 bits per heavy atom. The topological polar surface area (TPSA) is 101 Å². The lowest BCUT2D eigenvalue weighted by molar-refractivity contribution is -0.182. The number of hydrogen-bond donors (Lipinski definition) is 4. The third-order valence-electron chi connectivity index (χ3n) is 17.3. The van der Waals surface area contributed by atoms with Crippen LogP contribution in [-0.4, -0.2) is 75.2 Å². The van der Waals surface area contributed by atoms with Crippen LogP contribution in [0.25, 0.3) is 0 Å². The van der Waals surface area contributed by atoms with Gasteiger partial charge >= 0.3 is 0 Å². The molecule has 4 N–H and O–H groups in total. The third kappa shape index (κ3) is 5.07. The van der Waals surface area contributed by atoms with Crippen LogP contribution in [0, 0.1) is 62.5 Å². The second kappa shape index (κ2) is 12.2. The number of hydrogen-bond acceptors (Lipinski definition) is 6. The molecule has 9 atom stereocenters. The third-order valence-corrected chi connectivity index (χ3v) is 17.7. The number of Topliss-reactive ketones (excluding diaryl/α,β-unsaturated/α-hetero) is 1. The maximum Gasteiger partial charge on any atom is 0.164 e. The molecule has 0 aromatic heterocycles. The molecule has 1 aromatic rings. The van der Waals surface area contributed by atoms with Crippen LogP contribution in [0.2, 0.25) is 5.02 Å². The van der Waals surface area contributed by atoms with Gasteiger partial charge in [-0.3, -0.25) is 9.69 Å². The Kier molecular flexibility index (Phi) is 8.45. The zero-order valence-corrected chi connectivity index (χ0v) is 31.9. The van der Waals surface area contributed by atoms with Gasteiger partial charge in [0.2, 0.25) is 0 Å². The number of ketones is 1. The summed E-state index contributed by atoms with van der Waals surface area (Å²) in [5.41, 5.74) is -1.65. The van der Waals surface area contributed by atoms with Gasteiger partial charge in [0.1, 0.15) is 5.82 Å². The van der Waals surface area contributed by atoms with Gasteiger partial charge in [0.15, 0.2) is 5.78 Å². The molecule has 10 aliphatic carbocycles. The number of rotatable bonds is 10. The quantitative estimate of drug-likeness (QED) is 0.192. The van der Waals surface area contributed by atoms with Crippen molar-refractivity contribution in [2.75, 3.05) is 26.2 Å². The number of aliphatic hydroxyl groups excluding tert-OH is 3. The maximum atomic E-state index is 15.2. The predicted molar refractivity (Wildman–Crippen MR) is 199 cm³/mol. The van der Waals surface area contributed by atoms with Crippen LogP contribution in [0.4, 0.5) is 4.39 Å². The van der Waals surface area contributed by atoms with Crippen molar-refractivity contribution in [2.45, 2.75) is 122 Å². The van der Waals surface area contributed by atoms with Crippen molar-refractivity contribution in [3.8, 4) is 0 Å². The zero-order chi connectivity index (χ0) is 36.5. The Labute approximate surface area is 313 Å². The van der Waals surface area contributed by atoms with E-state index in [-0.39, 0.29) is 52.1 Å². The molecule has 52 heavy (non-hydrogen) atoms. The van der Waals surface area contributed by atoms with E-state index in [9.17, 15) is 25.2 Å². The van der Waals surface area contributed by atoms with Crippen LogP contribution in [0.1, 0.15) is 103 Å². The van der Waals surface area contributed by atoms with Crippen molar-refractivity contribution in [1.82, 2.24) is 4.90 Å². The summed E-state index contributed by atoms with van der Waals surface area (Å²) in [6.45, 7) is 5.96. The van der Waals surface area contributed by atoms with E-state index >= 15 is 4.39 Å². The van der Waals surface area contributed by atoms with Crippen LogP contribution in [0.15, 0.2) is 42.0 Å². The fourth-order valence-corrected chi connectivity index (χ4v) is 15.7. The molecular weight excluding hydrogens is 677 g/mol. The molecule has 0 radical (unpaired) electrons. The van der Waals surface area contributed by atoms with Crippen LogP contribution < -0.4 is 0 Å². The molecule has 6 nitrogen and oxygen atoms in total. The number of carbonyl (C=O) groups excluding carboxylic acids is 1. The molecule has 0 amide bonds. The number of carbonyl (C=O) groups is 1. The highest BCUT2D eigenvalue weighted by Gasteiger charge is 2.74. The number of allylic oxidation sites excluding steroid dienone is 4. The molecule has 9 unspecified atom stereocenters. The van der Waals surface area contributed by atoms with E-state index in [2.05, 4.69) is 37.0 Å². The van der Waals surface area contributed by atoms with Gasteiger partial charge in [-0.25, -0.2) is 4.39 Å². The Hall–Kier alpha value is -1.61. The fraction of sp³-hybridized carbons (Fsp3) is 0.750. The highest BCUT2D eigenvalue weighted by Crippen LogP contribution is 2.78. The molecular formula is C44H59ClFNO5. The Morgan fingerprint density at radius 2 is 1.60 bits per heavy atom. The van der Waals surface area contributed by atoms with Gasteiger partial charge in [0.25, 0.3) is 0 Å². The lowest BCUT2D eigenvalue weighted by atomic mass is 9.32. The van der Waals surface area contributed by atoms with Gasteiger partial charge in [-0.2, -0.15) is 0 Å². The predicted octanol–water partition coefficient (Wildman–Crippen LogP) is 7.05. The van der Waals surface area contributed by atoms with Crippen molar-refractivity contribution >= 4 is 17.4 Å². The SMILES string of the molecule is CC12CCC(O)CC13C=CC1(C(C(=O)Cc4c(F)cccc4Cl)=C3)C2CCC2(C)C1CCC2(O)CN(CC(O)CO)CC12CC3CC(CC(C3)C1)C2. The van der Waals surface area contributed by atoms with Crippen molar-refractivity contribution in [3.63, 3.8) is 0 Å². The first-order valence-corrected chi connectivity index (χ1v) is 20.9. The summed E-state index contributed by atoms with van der Waals surface area (Å²) in [5, 5.41) is 45.3. The van der Waals surface area contributed by atoms with Gasteiger partial charge in [0.05, 0.1) is 24.4 Å². The minimum atomic E-state index is -1.05. The highest BCUT2D eigenvalue weighted by atomic mass is 35.5. The molecule has 7 fully saturated rings. The van der Waals surface area contributed by atoms with Gasteiger partial charge < -0.3 is 20.4 Å². The fourth-order valence-electron chi connectivity index (χ4n) is 15.5. The van der Waals surface area contributed by atoms with Crippen molar-refractivity contribution < 1.29 is 29.6 Å². The number of fused-ring (bicyclic) bond motifs is 1. The van der Waals surface area contributed by atoms with Crippen molar-refractivity contribution in [1.29, 1.82) is 0 Å². The van der Waals surface area contributed by atoms with Gasteiger partial charge in [-0.05, 0) is 136 Å². The molecule has 7 saturated carbocycles. The minimum absolute atomic E-state index is 0.0163. The average Bonchev–Trinajstić information content (AvgIpc) is 3.35. The molecule has 0 heterocycles. The molecule has 10 aliphatic rings. The zero-order valence-electron chi connectivity index (χ0n) is 31.1. The van der Waals surface area contributed by atoms with Crippen LogP contribution in [-0.2, 0) is 11.2 Å². The highest BCUT2D eigenvalue weighted by molar-refractivity contribution is 6.31. The summed E-state index contributed by atoms with van der Waals surface area (Å²) in [6.07, 6.45) is 18.3. The standard InChI is InChI=1S/C44H59ClFNO5/c1-39-9-6-30(49)21-42(39)12-13-44(33(22-42)36(51)17-32-34(45)4-3-5-35(32)46)37(39)7-10-40(2)38(44)8-11-43(40,52)26-47(23-31(50)24-48)25-41-18-27-14-28(19-41)16-29(15-27)20-41/h3-5,12-13,22,27-31,37-38,48-50,52H,6-11,14-21,23-26H2,1-2H3. The van der Waals surface area contributed by atoms with E-state index in [1.165, 1.54) is 44.6 Å². The lowest BCUT2D eigenvalue weighted by Crippen LogP contribution is -2.67. The molecule has 11 rings (SSSR count). The summed E-state index contributed by atoms with van der Waals surface area (Å²) < 4.78 is 15.2. The lowest BCUT2D eigenvalue weighted by Gasteiger charge is -2.71. The maximum absolute atomic E-state index is 15.2. The average molecular weight is 736 g/mol. The molecule has 0 aliphatic heterocycles. The first kappa shape index (κ1) is 36.1. The number of benzene rings is 1. The first-order valence-electron chi connectivity index (χ1n) is 20.5. The summed E-state index contributed by atoms with van der Waals surface area (Å²) in [4.78, 5) is 17.1. The van der Waals surface area contributed by atoms with E-state index in [0.717, 1.165) is 62.0 Å². The first-order chi connectivity index (χ1) is 24.7. The van der Waals surface area contributed by atoms with E-state index < -0.39 is 39.9 Å². The van der Waals surface area contributed by atoms with Crippen LogP contribution in [0.3, 0.4) is 0 Å². The number of nitrogens with zero attached hydrogens (tertiary/aromatic N) is 1. The largest absolute Gasteiger partial charge is 0.394 e. The van der Waals surface area contributed by atoms with Gasteiger partial charge in [-0.15, -0.1) is 0 Å². The van der Waals surface area contributed by atoms with Crippen LogP contribution >= 0.6 is 11.6 Å². The molecule has 284 valence electrons. The molecule has 6 bridgehead atoms. The molecule has 1 aromatic carbocycles. The molecule has 2 spiro atoms. The van der Waals surface area contributed by atoms with Gasteiger partial charge in [-0.1, -0.05) is 49.7 Å². The van der Waals surface area contributed by atoms with Crippen LogP contribution in [0.5, 0.6) is 0 Å². The Balaban J connectivity index is 1.08. The summed E-state index contributed by atoms with van der Waals surface area (Å²) >= 11 is 6.50. The molecule has 8 heteroatoms. The van der Waals surface area contributed by atoms with E-state index in [0.29, 0.717) is 25.9 Å². The van der Waals surface area contributed by atoms with Gasteiger partial charge in [0, 0.05) is 58.5 Å². The normalized spacial score (nSPS) is 47.3. The van der Waals surface area contributed by atoms with Crippen molar-refractivity contribution in [2.24, 2.45) is 56.7 Å². The summed E-state index contributed by atoms with van der Waals surface area (Å²) in [5.74, 6) is 1.93. The Morgan fingerprint density at radius 1 is 0.942 bits per heavy atom. The Bertz CT molecular complexity index is 1640. The monoisotopic (exact) mass is 735 g/mol. The van der Waals surface area contributed by atoms with Crippen molar-refractivity contribution in [3.05, 3.63) is 58.4 Å². The van der Waals surface area contributed by atoms with E-state index in [1.807, 2.05) is 0 Å². The smallest absolute Gasteiger partial charge is 0.164 e.